The maximum Gasteiger partial charge on any atom is -1.00 e. The van der Waals surface area contributed by atoms with E-state index in [4.69, 9.17) is 0 Å². The summed E-state index contributed by atoms with van der Waals surface area (Å²) in [6, 6.07) is 23.6. The molecule has 0 heterocycles. The van der Waals surface area contributed by atoms with E-state index in [1.165, 1.54) is 26.5 Å². The van der Waals surface area contributed by atoms with E-state index < -0.39 is 44.7 Å². The molecule has 0 amide bonds. The molecular weight excluding hydrogens is 805 g/mol. The Hall–Kier alpha value is -2.73. The second-order valence-corrected chi connectivity index (χ2v) is 22.2. The zero-order valence-corrected chi connectivity index (χ0v) is 35.3. The van der Waals surface area contributed by atoms with Gasteiger partial charge < -0.3 is 24.8 Å². The summed E-state index contributed by atoms with van der Waals surface area (Å²) in [5.41, 5.74) is 7.72. The minimum Gasteiger partial charge on any atom is -1.00 e. The number of alkyl halides is 6. The average molecular weight is 849 g/mol. The summed E-state index contributed by atoms with van der Waals surface area (Å²) in [4.78, 5) is 0. The van der Waals surface area contributed by atoms with E-state index in [1.54, 1.807) is 12.1 Å². The molecule has 0 saturated carbocycles. The van der Waals surface area contributed by atoms with Crippen LogP contribution in [-0.2, 0) is 44.4 Å². The Balaban J connectivity index is 0.00000314. The molecule has 9 heteroatoms. The van der Waals surface area contributed by atoms with Gasteiger partial charge >= 0.3 is 307 Å². The van der Waals surface area contributed by atoms with Crippen LogP contribution in [0.1, 0.15) is 110 Å². The van der Waals surface area contributed by atoms with E-state index in [0.29, 0.717) is 14.3 Å². The van der Waals surface area contributed by atoms with Gasteiger partial charge in [0.1, 0.15) is 0 Å². The van der Waals surface area contributed by atoms with Crippen molar-refractivity contribution < 1.29 is 72.4 Å². The predicted octanol–water partition coefficient (Wildman–Crippen LogP) is 7.15. The van der Waals surface area contributed by atoms with Gasteiger partial charge in [0, 0.05) is 0 Å². The summed E-state index contributed by atoms with van der Waals surface area (Å²) >= 11 is -3.70. The number of rotatable bonds is 4. The summed E-state index contributed by atoms with van der Waals surface area (Å²) in [5, 5.41) is 0. The molecule has 1 unspecified atom stereocenters. The Morgan fingerprint density at radius 2 is 0.981 bits per heavy atom. The van der Waals surface area contributed by atoms with Crippen molar-refractivity contribution in [3.05, 3.63) is 150 Å². The summed E-state index contributed by atoms with van der Waals surface area (Å²) in [6.45, 7) is 19.3. The molecule has 2 aliphatic rings. The summed E-state index contributed by atoms with van der Waals surface area (Å²) in [5.74, 6) is -0.0128. The normalized spacial score (nSPS) is 15.9. The minimum absolute atomic E-state index is 0. The van der Waals surface area contributed by atoms with Gasteiger partial charge in [0.15, 0.2) is 0 Å². The third-order valence-corrected chi connectivity index (χ3v) is 19.7. The van der Waals surface area contributed by atoms with Gasteiger partial charge in [-0.1, -0.05) is 0 Å². The molecule has 6 rings (SSSR count). The van der Waals surface area contributed by atoms with Gasteiger partial charge in [-0.3, -0.25) is 0 Å². The molecule has 0 aliphatic heterocycles. The third kappa shape index (κ3) is 8.29. The SMILES string of the molecule is CC1=CC(C)[C]([Zr+2](=[C](c2cccc(C(F)(F)F)c2)c2cccc(C(F)(F)F)c2)[CH]2c3ccc(C(C)(C)C)cc3-c3cc(C(C)(C)C)ccc32)=C1C.[Cl-].[Cl-]. The number of halogens is 8. The first-order chi connectivity index (χ1) is 23.6. The van der Waals surface area contributed by atoms with Gasteiger partial charge in [0.2, 0.25) is 0 Å². The number of fused-ring (bicyclic) bond motifs is 3. The van der Waals surface area contributed by atoms with Gasteiger partial charge in [0.05, 0.1) is 0 Å². The van der Waals surface area contributed by atoms with Crippen LogP contribution in [0.5, 0.6) is 0 Å². The van der Waals surface area contributed by atoms with Crippen LogP contribution in [0, 0.1) is 5.92 Å². The number of benzene rings is 4. The maximum absolute atomic E-state index is 14.3. The molecule has 0 N–H and O–H groups in total. The van der Waals surface area contributed by atoms with Gasteiger partial charge in [0.25, 0.3) is 0 Å². The smallest absolute Gasteiger partial charge is 1.00 e. The molecule has 4 aromatic carbocycles. The molecule has 4 aromatic rings. The number of hydrogen-bond acceptors (Lipinski definition) is 0. The van der Waals surface area contributed by atoms with Crippen LogP contribution in [0.15, 0.2) is 105 Å². The van der Waals surface area contributed by atoms with Crippen molar-refractivity contribution in [2.24, 2.45) is 5.92 Å². The van der Waals surface area contributed by atoms with Crippen LogP contribution in [0.2, 0.25) is 0 Å². The van der Waals surface area contributed by atoms with E-state index in [0.717, 1.165) is 57.7 Å². The van der Waals surface area contributed by atoms with Crippen LogP contribution in [-0.4, -0.2) is 3.21 Å². The van der Waals surface area contributed by atoms with Gasteiger partial charge in [-0.25, -0.2) is 0 Å². The Labute approximate surface area is 329 Å². The van der Waals surface area contributed by atoms with Gasteiger partial charge in [-0.2, -0.15) is 0 Å². The molecule has 1 atom stereocenters. The van der Waals surface area contributed by atoms with E-state index in [1.807, 2.05) is 0 Å². The Bertz CT molecular complexity index is 2020. The second-order valence-electron chi connectivity index (χ2n) is 16.2. The average Bonchev–Trinajstić information content (AvgIpc) is 3.49. The Morgan fingerprint density at radius 3 is 1.32 bits per heavy atom. The van der Waals surface area contributed by atoms with Crippen LogP contribution >= 0.6 is 0 Å². The molecule has 0 spiro atoms. The molecule has 0 fully saturated rings. The first-order valence-corrected chi connectivity index (χ1v) is 21.2. The van der Waals surface area contributed by atoms with Crippen molar-refractivity contribution in [1.29, 1.82) is 0 Å². The van der Waals surface area contributed by atoms with Crippen LogP contribution in [0.4, 0.5) is 26.3 Å². The molecule has 2 aliphatic carbocycles. The van der Waals surface area contributed by atoms with Crippen LogP contribution in [0.25, 0.3) is 11.1 Å². The molecule has 280 valence electrons. The zero-order valence-electron chi connectivity index (χ0n) is 31.3. The molecule has 0 bridgehead atoms. The maximum atomic E-state index is 14.3. The van der Waals surface area contributed by atoms with E-state index in [2.05, 4.69) is 105 Å². The van der Waals surface area contributed by atoms with Gasteiger partial charge in [-0.05, 0) is 0 Å². The molecule has 0 radical (unpaired) electrons. The molecule has 53 heavy (non-hydrogen) atoms. The molecule has 0 saturated heterocycles. The number of hydrogen-bond donors (Lipinski definition) is 0. The van der Waals surface area contributed by atoms with Crippen molar-refractivity contribution in [1.82, 2.24) is 0 Å². The first-order valence-electron chi connectivity index (χ1n) is 17.4. The summed E-state index contributed by atoms with van der Waals surface area (Å²) in [6.07, 6.45) is -7.04. The minimum atomic E-state index is -4.62. The topological polar surface area (TPSA) is 0 Å². The van der Waals surface area contributed by atoms with E-state index in [-0.39, 0.29) is 45.2 Å². The fourth-order valence-corrected chi connectivity index (χ4v) is 17.8. The molecule has 0 aromatic heterocycles. The van der Waals surface area contributed by atoms with Crippen molar-refractivity contribution in [2.75, 3.05) is 0 Å². The third-order valence-electron chi connectivity index (χ3n) is 10.5. The predicted molar refractivity (Wildman–Crippen MR) is 193 cm³/mol. The van der Waals surface area contributed by atoms with Gasteiger partial charge in [-0.15, -0.1) is 0 Å². The van der Waals surface area contributed by atoms with E-state index in [9.17, 15) is 26.3 Å². The Morgan fingerprint density at radius 1 is 0.566 bits per heavy atom. The standard InChI is InChI=1S/C21H25.C15H8F6.C8H11.2ClH.Zr/c1-20(2,3)16-9-7-14-11-15-8-10-17(21(4,5)6)13-19(15)18(14)12-16;16-14(17,18)12-5-1-3-10(8-12)7-11-4-2-6-13(9-11)15(19,20)21;1-6-4-7(2)8(3)5-6;;;/h7-13H,1-6H3;1-6,8-9H;4,6H,1-3H3;2*1H;/q;;;;;+2/p-2. The molecule has 0 nitrogen and oxygen atoms in total. The van der Waals surface area contributed by atoms with Crippen LogP contribution < -0.4 is 24.8 Å². The summed E-state index contributed by atoms with van der Waals surface area (Å²) < 4.78 is 87.7. The van der Waals surface area contributed by atoms with Crippen molar-refractivity contribution in [2.45, 2.75) is 89.1 Å². The number of allylic oxidation sites excluding steroid dienone is 4. The second kappa shape index (κ2) is 15.1. The van der Waals surface area contributed by atoms with Crippen molar-refractivity contribution >= 4 is 3.21 Å². The quantitative estimate of drug-likeness (QED) is 0.192. The molecular formula is C44H44Cl2F6Zr. The largest absolute Gasteiger partial charge is 1.00 e. The summed E-state index contributed by atoms with van der Waals surface area (Å²) in [7, 11) is 0. The zero-order chi connectivity index (χ0) is 37.4. The van der Waals surface area contributed by atoms with Crippen molar-refractivity contribution in [3.63, 3.8) is 0 Å². The monoisotopic (exact) mass is 846 g/mol. The fraction of sp³-hybridized carbons (Fsp3) is 0.341. The van der Waals surface area contributed by atoms with Crippen LogP contribution in [0.3, 0.4) is 0 Å². The van der Waals surface area contributed by atoms with Crippen molar-refractivity contribution in [3.8, 4) is 11.1 Å². The first kappa shape index (κ1) is 43.0. The Kier molecular flexibility index (Phi) is 12.2. The van der Waals surface area contributed by atoms with E-state index >= 15 is 0 Å². The fourth-order valence-electron chi connectivity index (χ4n) is 7.69.